The normalized spacial score (nSPS) is 15.5. The molecule has 1 saturated heterocycles. The zero-order valence-electron chi connectivity index (χ0n) is 12.4. The first kappa shape index (κ1) is 20.0. The van der Waals surface area contributed by atoms with Gasteiger partial charge in [-0.25, -0.2) is 0 Å². The van der Waals surface area contributed by atoms with Crippen molar-refractivity contribution in [1.82, 2.24) is 10.2 Å². The highest BCUT2D eigenvalue weighted by Crippen LogP contribution is 2.14. The maximum absolute atomic E-state index is 11.7. The topological polar surface area (TPSA) is 44.4 Å². The fourth-order valence-electron chi connectivity index (χ4n) is 2.33. The molecule has 1 amide bonds. The molecular formula is C15H25Cl2N3O. The van der Waals surface area contributed by atoms with E-state index in [4.69, 9.17) is 0 Å². The summed E-state index contributed by atoms with van der Waals surface area (Å²) in [7, 11) is 2.15. The van der Waals surface area contributed by atoms with Gasteiger partial charge in [0, 0.05) is 12.2 Å². The van der Waals surface area contributed by atoms with Gasteiger partial charge in [-0.2, -0.15) is 0 Å². The number of hydrogen-bond donors (Lipinski definition) is 2. The van der Waals surface area contributed by atoms with Gasteiger partial charge in [0.15, 0.2) is 0 Å². The average Bonchev–Trinajstić information content (AvgIpc) is 2.45. The van der Waals surface area contributed by atoms with Gasteiger partial charge in [0.05, 0.1) is 6.54 Å². The Bertz CT molecular complexity index is 395. The smallest absolute Gasteiger partial charge is 0.239 e. The van der Waals surface area contributed by atoms with Gasteiger partial charge in [-0.15, -0.1) is 24.8 Å². The third-order valence-electron chi connectivity index (χ3n) is 3.65. The summed E-state index contributed by atoms with van der Waals surface area (Å²) in [6.07, 6.45) is 2.37. The van der Waals surface area contributed by atoms with E-state index < -0.39 is 0 Å². The van der Waals surface area contributed by atoms with E-state index in [1.165, 1.54) is 12.8 Å². The SMILES string of the molecule is CN1CCC(CNC(=O)CNc2ccccc2)CC1.Cl.Cl. The summed E-state index contributed by atoms with van der Waals surface area (Å²) in [5.74, 6) is 0.708. The lowest BCUT2D eigenvalue weighted by Gasteiger charge is -2.28. The highest BCUT2D eigenvalue weighted by Gasteiger charge is 2.16. The Balaban J connectivity index is 0.00000200. The van der Waals surface area contributed by atoms with Crippen molar-refractivity contribution in [2.24, 2.45) is 5.92 Å². The van der Waals surface area contributed by atoms with E-state index in [1.807, 2.05) is 30.3 Å². The second kappa shape index (κ2) is 10.7. The lowest BCUT2D eigenvalue weighted by Crippen LogP contribution is -2.38. The van der Waals surface area contributed by atoms with Crippen molar-refractivity contribution >= 4 is 36.4 Å². The van der Waals surface area contributed by atoms with Crippen LogP contribution in [0, 0.1) is 5.92 Å². The molecule has 0 atom stereocenters. The molecule has 0 spiro atoms. The Morgan fingerprint density at radius 1 is 1.19 bits per heavy atom. The number of piperidine rings is 1. The summed E-state index contributed by atoms with van der Waals surface area (Å²) in [5.41, 5.74) is 0.983. The largest absolute Gasteiger partial charge is 0.376 e. The molecule has 21 heavy (non-hydrogen) atoms. The van der Waals surface area contributed by atoms with E-state index in [0.29, 0.717) is 12.5 Å². The predicted octanol–water partition coefficient (Wildman–Crippen LogP) is 2.40. The summed E-state index contributed by atoms with van der Waals surface area (Å²) in [5, 5.41) is 6.14. The number of benzene rings is 1. The monoisotopic (exact) mass is 333 g/mol. The van der Waals surface area contributed by atoms with E-state index in [9.17, 15) is 4.79 Å². The molecule has 0 radical (unpaired) electrons. The fraction of sp³-hybridized carbons (Fsp3) is 0.533. The number of anilines is 1. The second-order valence-electron chi connectivity index (χ2n) is 5.27. The minimum Gasteiger partial charge on any atom is -0.376 e. The van der Waals surface area contributed by atoms with Gasteiger partial charge in [-0.3, -0.25) is 4.79 Å². The van der Waals surface area contributed by atoms with Crippen LogP contribution >= 0.6 is 24.8 Å². The van der Waals surface area contributed by atoms with Crippen LogP contribution in [0.3, 0.4) is 0 Å². The summed E-state index contributed by atoms with van der Waals surface area (Å²) >= 11 is 0. The van der Waals surface area contributed by atoms with E-state index >= 15 is 0 Å². The second-order valence-corrected chi connectivity index (χ2v) is 5.27. The number of carbonyl (C=O) groups excluding carboxylic acids is 1. The van der Waals surface area contributed by atoms with Crippen molar-refractivity contribution in [3.05, 3.63) is 30.3 Å². The molecule has 6 heteroatoms. The molecule has 1 aromatic rings. The number of hydrogen-bond acceptors (Lipinski definition) is 3. The number of carbonyl (C=O) groups is 1. The first-order chi connectivity index (χ1) is 9.24. The first-order valence-corrected chi connectivity index (χ1v) is 6.98. The molecule has 1 aliphatic heterocycles. The van der Waals surface area contributed by atoms with Gasteiger partial charge >= 0.3 is 0 Å². The minimum absolute atomic E-state index is 0. The van der Waals surface area contributed by atoms with Crippen LogP contribution < -0.4 is 10.6 Å². The lowest BCUT2D eigenvalue weighted by molar-refractivity contribution is -0.119. The summed E-state index contributed by atoms with van der Waals surface area (Å²) in [6, 6.07) is 9.80. The van der Waals surface area contributed by atoms with Crippen molar-refractivity contribution < 1.29 is 4.79 Å². The highest BCUT2D eigenvalue weighted by atomic mass is 35.5. The zero-order chi connectivity index (χ0) is 13.5. The Morgan fingerprint density at radius 2 is 1.81 bits per heavy atom. The zero-order valence-corrected chi connectivity index (χ0v) is 14.0. The Labute approximate surface area is 139 Å². The van der Waals surface area contributed by atoms with Gasteiger partial charge < -0.3 is 15.5 Å². The van der Waals surface area contributed by atoms with Crippen molar-refractivity contribution in [2.75, 3.05) is 38.5 Å². The van der Waals surface area contributed by atoms with Gasteiger partial charge in [0.25, 0.3) is 0 Å². The first-order valence-electron chi connectivity index (χ1n) is 6.98. The molecule has 0 aliphatic carbocycles. The van der Waals surface area contributed by atoms with E-state index in [2.05, 4.69) is 22.6 Å². The van der Waals surface area contributed by atoms with Crippen LogP contribution in [0.15, 0.2) is 30.3 Å². The molecule has 1 aromatic carbocycles. The molecule has 1 heterocycles. The van der Waals surface area contributed by atoms with E-state index in [-0.39, 0.29) is 30.7 Å². The molecule has 0 saturated carbocycles. The number of para-hydroxylation sites is 1. The van der Waals surface area contributed by atoms with Crippen LogP contribution in [0.5, 0.6) is 0 Å². The third-order valence-corrected chi connectivity index (χ3v) is 3.65. The Kier molecular flexibility index (Phi) is 10.2. The molecule has 0 unspecified atom stereocenters. The van der Waals surface area contributed by atoms with Gasteiger partial charge in [-0.05, 0) is 51.0 Å². The van der Waals surface area contributed by atoms with Gasteiger partial charge in [-0.1, -0.05) is 18.2 Å². The molecule has 0 bridgehead atoms. The quantitative estimate of drug-likeness (QED) is 0.869. The van der Waals surface area contributed by atoms with Crippen molar-refractivity contribution in [3.8, 4) is 0 Å². The number of rotatable bonds is 5. The van der Waals surface area contributed by atoms with Crippen LogP contribution in [0.25, 0.3) is 0 Å². The number of halogens is 2. The molecule has 4 nitrogen and oxygen atoms in total. The summed E-state index contributed by atoms with van der Waals surface area (Å²) in [4.78, 5) is 14.1. The number of amides is 1. The molecule has 2 N–H and O–H groups in total. The van der Waals surface area contributed by atoms with E-state index in [1.54, 1.807) is 0 Å². The maximum atomic E-state index is 11.7. The van der Waals surface area contributed by atoms with Crippen LogP contribution in [-0.2, 0) is 4.79 Å². The highest BCUT2D eigenvalue weighted by molar-refractivity contribution is 5.85. The predicted molar refractivity (Wildman–Crippen MR) is 92.7 cm³/mol. The molecule has 1 fully saturated rings. The lowest BCUT2D eigenvalue weighted by atomic mass is 9.97. The molecule has 0 aromatic heterocycles. The molecule has 1 aliphatic rings. The van der Waals surface area contributed by atoms with Gasteiger partial charge in [0.1, 0.15) is 0 Å². The van der Waals surface area contributed by atoms with Crippen molar-refractivity contribution in [2.45, 2.75) is 12.8 Å². The van der Waals surface area contributed by atoms with Crippen LogP contribution in [-0.4, -0.2) is 44.0 Å². The number of likely N-dealkylation sites (tertiary alicyclic amines) is 1. The Hall–Kier alpha value is -0.970. The molecule has 120 valence electrons. The van der Waals surface area contributed by atoms with E-state index in [0.717, 1.165) is 25.3 Å². The summed E-state index contributed by atoms with van der Waals surface area (Å²) < 4.78 is 0. The third kappa shape index (κ3) is 7.55. The number of nitrogens with one attached hydrogen (secondary N) is 2. The van der Waals surface area contributed by atoms with Crippen molar-refractivity contribution in [1.29, 1.82) is 0 Å². The maximum Gasteiger partial charge on any atom is 0.239 e. The standard InChI is InChI=1S/C15H23N3O.2ClH/c1-18-9-7-13(8-10-18)11-17-15(19)12-16-14-5-3-2-4-6-14;;/h2-6,13,16H,7-12H2,1H3,(H,17,19);2*1H. The van der Waals surface area contributed by atoms with Gasteiger partial charge in [0.2, 0.25) is 5.91 Å². The Morgan fingerprint density at radius 3 is 2.43 bits per heavy atom. The van der Waals surface area contributed by atoms with Crippen molar-refractivity contribution in [3.63, 3.8) is 0 Å². The summed E-state index contributed by atoms with van der Waals surface area (Å²) in [6.45, 7) is 3.44. The minimum atomic E-state index is 0. The van der Waals surface area contributed by atoms with Crippen LogP contribution in [0.4, 0.5) is 5.69 Å². The average molecular weight is 334 g/mol. The van der Waals surface area contributed by atoms with Crippen LogP contribution in [0.2, 0.25) is 0 Å². The molecule has 2 rings (SSSR count). The van der Waals surface area contributed by atoms with Crippen LogP contribution in [0.1, 0.15) is 12.8 Å². The number of nitrogens with zero attached hydrogens (tertiary/aromatic N) is 1. The fourth-order valence-corrected chi connectivity index (χ4v) is 2.33. The molecular weight excluding hydrogens is 309 g/mol.